The zero-order valence-corrected chi connectivity index (χ0v) is 18.7. The van der Waals surface area contributed by atoms with Gasteiger partial charge in [-0.05, 0) is 42.0 Å². The molecule has 32 heavy (non-hydrogen) atoms. The first-order valence-corrected chi connectivity index (χ1v) is 10.7. The van der Waals surface area contributed by atoms with Crippen LogP contribution in [-0.4, -0.2) is 38.0 Å². The van der Waals surface area contributed by atoms with E-state index >= 15 is 0 Å². The minimum Gasteiger partial charge on any atom is -0.493 e. The molecular weight excluding hydrogens is 424 g/mol. The third-order valence-corrected chi connectivity index (χ3v) is 4.70. The maximum absolute atomic E-state index is 12.7. The van der Waals surface area contributed by atoms with Crippen LogP contribution in [0.1, 0.15) is 15.9 Å². The molecule has 0 unspecified atom stereocenters. The monoisotopic (exact) mass is 450 g/mol. The highest BCUT2D eigenvalue weighted by atomic mass is 32.1. The molecule has 0 bridgehead atoms. The molecule has 1 amide bonds. The van der Waals surface area contributed by atoms with Crippen molar-refractivity contribution in [2.75, 3.05) is 32.2 Å². The molecule has 0 aliphatic carbocycles. The molecule has 166 valence electrons. The molecule has 0 heterocycles. The SMILES string of the molecule is COCCOc1ccccc1C(=O)NC(=S)Nc1cccc(OCCc2ccccc2)c1. The lowest BCUT2D eigenvalue weighted by atomic mass is 10.2. The Kier molecular flexibility index (Phi) is 9.04. The van der Waals surface area contributed by atoms with Gasteiger partial charge in [-0.1, -0.05) is 48.5 Å². The van der Waals surface area contributed by atoms with Crippen molar-refractivity contribution in [3.05, 3.63) is 90.0 Å². The van der Waals surface area contributed by atoms with Gasteiger partial charge < -0.3 is 19.5 Å². The van der Waals surface area contributed by atoms with Gasteiger partial charge in [0.05, 0.1) is 18.8 Å². The molecule has 0 saturated carbocycles. The van der Waals surface area contributed by atoms with Gasteiger partial charge >= 0.3 is 0 Å². The Morgan fingerprint density at radius 2 is 1.66 bits per heavy atom. The number of carbonyl (C=O) groups is 1. The average molecular weight is 451 g/mol. The van der Waals surface area contributed by atoms with Crippen LogP contribution in [0.5, 0.6) is 11.5 Å². The highest BCUT2D eigenvalue weighted by Gasteiger charge is 2.13. The molecule has 3 rings (SSSR count). The first-order valence-electron chi connectivity index (χ1n) is 10.3. The maximum Gasteiger partial charge on any atom is 0.261 e. The first-order chi connectivity index (χ1) is 15.7. The van der Waals surface area contributed by atoms with E-state index in [4.69, 9.17) is 26.4 Å². The number of ether oxygens (including phenoxy) is 3. The lowest BCUT2D eigenvalue weighted by Crippen LogP contribution is -2.34. The molecule has 0 atom stereocenters. The number of thiocarbonyl (C=S) groups is 1. The largest absolute Gasteiger partial charge is 0.493 e. The van der Waals surface area contributed by atoms with Crippen LogP contribution in [0.2, 0.25) is 0 Å². The summed E-state index contributed by atoms with van der Waals surface area (Å²) in [4.78, 5) is 12.7. The van der Waals surface area contributed by atoms with Crippen LogP contribution < -0.4 is 20.1 Å². The van der Waals surface area contributed by atoms with E-state index in [1.54, 1.807) is 31.4 Å². The second kappa shape index (κ2) is 12.4. The highest BCUT2D eigenvalue weighted by Crippen LogP contribution is 2.19. The smallest absolute Gasteiger partial charge is 0.261 e. The van der Waals surface area contributed by atoms with Crippen molar-refractivity contribution in [1.82, 2.24) is 5.32 Å². The summed E-state index contributed by atoms with van der Waals surface area (Å²) in [5.41, 5.74) is 2.33. The van der Waals surface area contributed by atoms with E-state index in [0.29, 0.717) is 31.1 Å². The highest BCUT2D eigenvalue weighted by molar-refractivity contribution is 7.80. The summed E-state index contributed by atoms with van der Waals surface area (Å²) in [7, 11) is 1.59. The lowest BCUT2D eigenvalue weighted by molar-refractivity contribution is 0.0970. The number of amides is 1. The average Bonchev–Trinajstić information content (AvgIpc) is 2.80. The van der Waals surface area contributed by atoms with Gasteiger partial charge in [-0.25, -0.2) is 0 Å². The van der Waals surface area contributed by atoms with Crippen LogP contribution in [0.25, 0.3) is 0 Å². The van der Waals surface area contributed by atoms with Gasteiger partial charge in [0.15, 0.2) is 5.11 Å². The summed E-state index contributed by atoms with van der Waals surface area (Å²) < 4.78 is 16.5. The van der Waals surface area contributed by atoms with Gasteiger partial charge in [0.1, 0.15) is 18.1 Å². The second-order valence-corrected chi connectivity index (χ2v) is 7.27. The molecule has 7 heteroatoms. The Morgan fingerprint density at radius 3 is 2.47 bits per heavy atom. The Bertz CT molecular complexity index is 1030. The lowest BCUT2D eigenvalue weighted by Gasteiger charge is -2.13. The number of rotatable bonds is 10. The first kappa shape index (κ1) is 23.2. The molecule has 2 N–H and O–H groups in total. The standard InChI is InChI=1S/C25H26N2O4S/c1-29-16-17-31-23-13-6-5-12-22(23)24(28)27-25(32)26-20-10-7-11-21(18-20)30-15-14-19-8-3-2-4-9-19/h2-13,18H,14-17H2,1H3,(H2,26,27,28,32). The minimum atomic E-state index is -0.356. The van der Waals surface area contributed by atoms with E-state index in [9.17, 15) is 4.79 Å². The molecular formula is C25H26N2O4S. The van der Waals surface area contributed by atoms with E-state index in [-0.39, 0.29) is 11.0 Å². The van der Waals surface area contributed by atoms with E-state index in [1.807, 2.05) is 42.5 Å². The molecule has 3 aromatic carbocycles. The number of nitrogens with one attached hydrogen (secondary N) is 2. The number of carbonyl (C=O) groups excluding carboxylic acids is 1. The van der Waals surface area contributed by atoms with Crippen molar-refractivity contribution in [2.24, 2.45) is 0 Å². The van der Waals surface area contributed by atoms with Crippen LogP contribution in [0.15, 0.2) is 78.9 Å². The number of hydrogen-bond donors (Lipinski definition) is 2. The number of benzene rings is 3. The van der Waals surface area contributed by atoms with E-state index in [0.717, 1.165) is 17.9 Å². The zero-order valence-electron chi connectivity index (χ0n) is 17.9. The van der Waals surface area contributed by atoms with Gasteiger partial charge in [0.2, 0.25) is 0 Å². The van der Waals surface area contributed by atoms with Crippen LogP contribution in [0.3, 0.4) is 0 Å². The summed E-state index contributed by atoms with van der Waals surface area (Å²) in [5, 5.41) is 5.89. The van der Waals surface area contributed by atoms with Crippen molar-refractivity contribution in [3.63, 3.8) is 0 Å². The Labute approximate surface area is 193 Å². The summed E-state index contributed by atoms with van der Waals surface area (Å²) >= 11 is 5.31. The Hall–Kier alpha value is -3.42. The third-order valence-electron chi connectivity index (χ3n) is 4.50. The van der Waals surface area contributed by atoms with Gasteiger partial charge in [0.25, 0.3) is 5.91 Å². The maximum atomic E-state index is 12.7. The molecule has 3 aromatic rings. The summed E-state index contributed by atoms with van der Waals surface area (Å²) in [6.45, 7) is 1.34. The van der Waals surface area contributed by atoms with Gasteiger partial charge in [-0.2, -0.15) is 0 Å². The Morgan fingerprint density at radius 1 is 0.875 bits per heavy atom. The quantitative estimate of drug-likeness (QED) is 0.351. The molecule has 6 nitrogen and oxygen atoms in total. The van der Waals surface area contributed by atoms with Gasteiger partial charge in [-0.3, -0.25) is 10.1 Å². The number of hydrogen-bond acceptors (Lipinski definition) is 5. The fraction of sp³-hybridized carbons (Fsp3) is 0.200. The predicted octanol–water partition coefficient (Wildman–Crippen LogP) is 4.46. The predicted molar refractivity (Wildman–Crippen MR) is 130 cm³/mol. The van der Waals surface area contributed by atoms with Crippen molar-refractivity contribution in [3.8, 4) is 11.5 Å². The molecule has 0 aliphatic heterocycles. The summed E-state index contributed by atoms with van der Waals surface area (Å²) in [6, 6.07) is 24.6. The molecule has 0 radical (unpaired) electrons. The second-order valence-electron chi connectivity index (χ2n) is 6.86. The van der Waals surface area contributed by atoms with Gasteiger partial charge in [0, 0.05) is 25.3 Å². The van der Waals surface area contributed by atoms with Crippen LogP contribution >= 0.6 is 12.2 Å². The van der Waals surface area contributed by atoms with Crippen LogP contribution in [-0.2, 0) is 11.2 Å². The minimum absolute atomic E-state index is 0.183. The number of anilines is 1. The van der Waals surface area contributed by atoms with Gasteiger partial charge in [-0.15, -0.1) is 0 Å². The summed E-state index contributed by atoms with van der Waals surface area (Å²) in [5.74, 6) is 0.835. The fourth-order valence-electron chi connectivity index (χ4n) is 2.94. The van der Waals surface area contributed by atoms with Crippen LogP contribution in [0, 0.1) is 0 Å². The molecule has 0 aromatic heterocycles. The Balaban J connectivity index is 1.52. The van der Waals surface area contributed by atoms with Crippen molar-refractivity contribution >= 4 is 28.9 Å². The molecule has 0 saturated heterocycles. The topological polar surface area (TPSA) is 68.8 Å². The number of methoxy groups -OCH3 is 1. The fourth-order valence-corrected chi connectivity index (χ4v) is 3.15. The molecule has 0 fully saturated rings. The van der Waals surface area contributed by atoms with Crippen molar-refractivity contribution < 1.29 is 19.0 Å². The van der Waals surface area contributed by atoms with E-state index in [1.165, 1.54) is 5.56 Å². The normalized spacial score (nSPS) is 10.3. The summed E-state index contributed by atoms with van der Waals surface area (Å²) in [6.07, 6.45) is 0.818. The van der Waals surface area contributed by atoms with Crippen molar-refractivity contribution in [1.29, 1.82) is 0 Å². The van der Waals surface area contributed by atoms with Crippen LogP contribution in [0.4, 0.5) is 5.69 Å². The third kappa shape index (κ3) is 7.37. The zero-order chi connectivity index (χ0) is 22.6. The van der Waals surface area contributed by atoms with E-state index in [2.05, 4.69) is 22.8 Å². The molecule has 0 spiro atoms. The molecule has 0 aliphatic rings. The van der Waals surface area contributed by atoms with Crippen molar-refractivity contribution in [2.45, 2.75) is 6.42 Å². The number of para-hydroxylation sites is 1. The van der Waals surface area contributed by atoms with E-state index < -0.39 is 0 Å².